The van der Waals surface area contributed by atoms with Gasteiger partial charge in [-0.1, -0.05) is 17.7 Å². The van der Waals surface area contributed by atoms with Crippen LogP contribution in [0.2, 0.25) is 0 Å². The summed E-state index contributed by atoms with van der Waals surface area (Å²) in [4.78, 5) is 4.99. The average Bonchev–Trinajstić information content (AvgIpc) is 2.82. The highest BCUT2D eigenvalue weighted by Gasteiger charge is 2.14. The molecule has 0 saturated carbocycles. The predicted molar refractivity (Wildman–Crippen MR) is 84.0 cm³/mol. The van der Waals surface area contributed by atoms with Gasteiger partial charge in [-0.15, -0.1) is 0 Å². The Bertz CT molecular complexity index is 822. The Kier molecular flexibility index (Phi) is 3.51. The zero-order chi connectivity index (χ0) is 15.0. The first-order valence-electron chi connectivity index (χ1n) is 6.61. The number of aromatic nitrogens is 2. The van der Waals surface area contributed by atoms with Crippen LogP contribution in [-0.2, 0) is 11.0 Å². The highest BCUT2D eigenvalue weighted by molar-refractivity contribution is 7.83. The van der Waals surface area contributed by atoms with Crippen LogP contribution < -0.4 is 4.74 Å². The second-order valence-corrected chi connectivity index (χ2v) is 6.26. The third-order valence-electron chi connectivity index (χ3n) is 3.39. The molecule has 1 unspecified atom stereocenters. The Labute approximate surface area is 126 Å². The molecule has 0 saturated heterocycles. The SMILES string of the molecule is COc1cc2cc(C)n(S(=O)c3ccc(C)cc3)c2cn1. The average molecular weight is 300 g/mol. The van der Waals surface area contributed by atoms with Crippen LogP contribution in [0.4, 0.5) is 0 Å². The van der Waals surface area contributed by atoms with Gasteiger partial charge in [0.2, 0.25) is 5.88 Å². The number of methoxy groups -OCH3 is 1. The summed E-state index contributed by atoms with van der Waals surface area (Å²) >= 11 is 0. The van der Waals surface area contributed by atoms with Crippen LogP contribution in [0.1, 0.15) is 11.3 Å². The normalized spacial score (nSPS) is 12.5. The van der Waals surface area contributed by atoms with E-state index < -0.39 is 11.0 Å². The number of hydrogen-bond donors (Lipinski definition) is 0. The lowest BCUT2D eigenvalue weighted by Crippen LogP contribution is -2.06. The molecule has 4 nitrogen and oxygen atoms in total. The van der Waals surface area contributed by atoms with Crippen molar-refractivity contribution >= 4 is 21.9 Å². The molecule has 108 valence electrons. The molecule has 0 bridgehead atoms. The predicted octanol–water partition coefficient (Wildman–Crippen LogP) is 3.23. The first kappa shape index (κ1) is 13.8. The van der Waals surface area contributed by atoms with Crippen LogP contribution in [0.3, 0.4) is 0 Å². The number of rotatable bonds is 3. The molecule has 0 aliphatic rings. The molecule has 0 aliphatic heterocycles. The summed E-state index contributed by atoms with van der Waals surface area (Å²) < 4.78 is 19.8. The van der Waals surface area contributed by atoms with Gasteiger partial charge < -0.3 is 4.74 Å². The van der Waals surface area contributed by atoms with Crippen molar-refractivity contribution in [3.8, 4) is 5.88 Å². The molecule has 1 atom stereocenters. The molecule has 0 spiro atoms. The van der Waals surface area contributed by atoms with Crippen molar-refractivity contribution in [1.82, 2.24) is 8.96 Å². The Hall–Kier alpha value is -2.14. The summed E-state index contributed by atoms with van der Waals surface area (Å²) in [5.74, 6) is 0.556. The topological polar surface area (TPSA) is 44.1 Å². The van der Waals surface area contributed by atoms with E-state index in [1.54, 1.807) is 17.3 Å². The van der Waals surface area contributed by atoms with Gasteiger partial charge in [-0.25, -0.2) is 9.19 Å². The molecule has 0 amide bonds. The molecule has 1 aromatic carbocycles. The lowest BCUT2D eigenvalue weighted by molar-refractivity contribution is 0.398. The fraction of sp³-hybridized carbons (Fsp3) is 0.188. The van der Waals surface area contributed by atoms with Gasteiger partial charge in [0.05, 0.1) is 23.7 Å². The molecular weight excluding hydrogens is 284 g/mol. The first-order valence-corrected chi connectivity index (χ1v) is 7.72. The van der Waals surface area contributed by atoms with E-state index in [2.05, 4.69) is 4.98 Å². The van der Waals surface area contributed by atoms with Crippen molar-refractivity contribution in [1.29, 1.82) is 0 Å². The lowest BCUT2D eigenvalue weighted by Gasteiger charge is -2.08. The number of fused-ring (bicyclic) bond motifs is 1. The lowest BCUT2D eigenvalue weighted by atomic mass is 10.2. The van der Waals surface area contributed by atoms with Crippen molar-refractivity contribution in [2.45, 2.75) is 18.7 Å². The summed E-state index contributed by atoms with van der Waals surface area (Å²) in [5, 5.41) is 0.972. The highest BCUT2D eigenvalue weighted by Crippen LogP contribution is 2.25. The molecule has 21 heavy (non-hydrogen) atoms. The molecule has 5 heteroatoms. The number of ether oxygens (including phenoxy) is 1. The number of pyridine rings is 1. The van der Waals surface area contributed by atoms with E-state index in [1.807, 2.05) is 50.2 Å². The van der Waals surface area contributed by atoms with Crippen molar-refractivity contribution < 1.29 is 8.95 Å². The standard InChI is InChI=1S/C16H16N2O2S/c1-11-4-6-14(7-5-11)21(19)18-12(2)8-13-9-16(20-3)17-10-15(13)18/h4-10H,1-3H3. The van der Waals surface area contributed by atoms with E-state index in [4.69, 9.17) is 4.74 Å². The van der Waals surface area contributed by atoms with Gasteiger partial charge in [0.25, 0.3) is 0 Å². The van der Waals surface area contributed by atoms with Crippen LogP contribution in [0.15, 0.2) is 47.5 Å². The van der Waals surface area contributed by atoms with Crippen LogP contribution in [0.25, 0.3) is 10.9 Å². The molecule has 0 N–H and O–H groups in total. The van der Waals surface area contributed by atoms with Crippen molar-refractivity contribution in [3.05, 3.63) is 53.9 Å². The minimum atomic E-state index is -1.28. The fourth-order valence-corrected chi connectivity index (χ4v) is 3.52. The van der Waals surface area contributed by atoms with Crippen molar-refractivity contribution in [2.75, 3.05) is 7.11 Å². The molecule has 2 aromatic heterocycles. The number of nitrogens with zero attached hydrogens (tertiary/aromatic N) is 2. The molecule has 2 heterocycles. The van der Waals surface area contributed by atoms with E-state index in [0.29, 0.717) is 5.88 Å². The summed E-state index contributed by atoms with van der Waals surface area (Å²) in [6, 6.07) is 11.6. The Morgan fingerprint density at radius 2 is 1.86 bits per heavy atom. The minimum absolute atomic E-state index is 0.556. The van der Waals surface area contributed by atoms with E-state index >= 15 is 0 Å². The minimum Gasteiger partial charge on any atom is -0.481 e. The largest absolute Gasteiger partial charge is 0.481 e. The number of hydrogen-bond acceptors (Lipinski definition) is 3. The summed E-state index contributed by atoms with van der Waals surface area (Å²) in [6.45, 7) is 3.96. The van der Waals surface area contributed by atoms with E-state index in [1.165, 1.54) is 0 Å². The van der Waals surface area contributed by atoms with Crippen LogP contribution >= 0.6 is 0 Å². The van der Waals surface area contributed by atoms with Crippen LogP contribution in [-0.4, -0.2) is 20.3 Å². The van der Waals surface area contributed by atoms with Gasteiger partial charge in [-0.3, -0.25) is 3.97 Å². The summed E-state index contributed by atoms with van der Waals surface area (Å²) in [5.41, 5.74) is 2.92. The van der Waals surface area contributed by atoms with E-state index in [0.717, 1.165) is 27.1 Å². The van der Waals surface area contributed by atoms with Crippen molar-refractivity contribution in [3.63, 3.8) is 0 Å². The second-order valence-electron chi connectivity index (χ2n) is 4.93. The van der Waals surface area contributed by atoms with Gasteiger partial charge >= 0.3 is 0 Å². The third-order valence-corrected chi connectivity index (χ3v) is 4.88. The zero-order valence-corrected chi connectivity index (χ0v) is 13.0. The maximum absolute atomic E-state index is 12.8. The zero-order valence-electron chi connectivity index (χ0n) is 12.2. The maximum atomic E-state index is 12.8. The summed E-state index contributed by atoms with van der Waals surface area (Å²) in [7, 11) is 0.303. The Morgan fingerprint density at radius 1 is 1.14 bits per heavy atom. The summed E-state index contributed by atoms with van der Waals surface area (Å²) in [6.07, 6.45) is 1.70. The third kappa shape index (κ3) is 2.45. The van der Waals surface area contributed by atoms with Crippen LogP contribution in [0.5, 0.6) is 5.88 Å². The smallest absolute Gasteiger partial charge is 0.213 e. The van der Waals surface area contributed by atoms with Gasteiger partial charge in [0.15, 0.2) is 11.0 Å². The Morgan fingerprint density at radius 3 is 2.52 bits per heavy atom. The van der Waals surface area contributed by atoms with E-state index in [9.17, 15) is 4.21 Å². The molecule has 0 radical (unpaired) electrons. The molecule has 3 rings (SSSR count). The van der Waals surface area contributed by atoms with Gasteiger partial charge in [0, 0.05) is 17.1 Å². The van der Waals surface area contributed by atoms with Gasteiger partial charge in [0.1, 0.15) is 0 Å². The number of aryl methyl sites for hydroxylation is 2. The number of benzene rings is 1. The quantitative estimate of drug-likeness (QED) is 0.746. The maximum Gasteiger partial charge on any atom is 0.213 e. The van der Waals surface area contributed by atoms with E-state index in [-0.39, 0.29) is 0 Å². The Balaban J connectivity index is 2.13. The molecular formula is C16H16N2O2S. The first-order chi connectivity index (χ1) is 10.1. The highest BCUT2D eigenvalue weighted by atomic mass is 32.2. The molecule has 0 aliphatic carbocycles. The monoisotopic (exact) mass is 300 g/mol. The second kappa shape index (κ2) is 5.33. The van der Waals surface area contributed by atoms with Gasteiger partial charge in [-0.2, -0.15) is 0 Å². The fourth-order valence-electron chi connectivity index (χ4n) is 2.29. The molecule has 3 aromatic rings. The van der Waals surface area contributed by atoms with Crippen molar-refractivity contribution in [2.24, 2.45) is 0 Å². The van der Waals surface area contributed by atoms with Gasteiger partial charge in [-0.05, 0) is 32.0 Å². The van der Waals surface area contributed by atoms with Crippen LogP contribution in [0, 0.1) is 13.8 Å². The molecule has 0 fully saturated rings.